The van der Waals surface area contributed by atoms with Gasteiger partial charge in [-0.25, -0.2) is 0 Å². The number of nitrogens with one attached hydrogen (secondary N) is 1. The minimum absolute atomic E-state index is 0.126. The third-order valence-electron chi connectivity index (χ3n) is 4.45. The highest BCUT2D eigenvalue weighted by Crippen LogP contribution is 2.21. The molecule has 1 atom stereocenters. The summed E-state index contributed by atoms with van der Waals surface area (Å²) in [6.45, 7) is 4.98. The van der Waals surface area contributed by atoms with E-state index in [2.05, 4.69) is 40.3 Å². The van der Waals surface area contributed by atoms with Gasteiger partial charge in [-0.05, 0) is 49.6 Å². The van der Waals surface area contributed by atoms with Gasteiger partial charge in [0.05, 0.1) is 5.75 Å². The summed E-state index contributed by atoms with van der Waals surface area (Å²) in [5, 5.41) is 3.21. The van der Waals surface area contributed by atoms with Crippen molar-refractivity contribution in [2.24, 2.45) is 0 Å². The molecule has 2 aromatic rings. The predicted molar refractivity (Wildman–Crippen MR) is 103 cm³/mol. The van der Waals surface area contributed by atoms with Gasteiger partial charge < -0.3 is 5.32 Å². The Bertz CT molecular complexity index is 692. The summed E-state index contributed by atoms with van der Waals surface area (Å²) >= 11 is 1.61. The molecule has 1 aliphatic rings. The van der Waals surface area contributed by atoms with Crippen LogP contribution in [0.1, 0.15) is 24.0 Å². The fourth-order valence-corrected chi connectivity index (χ4v) is 4.04. The first-order valence-corrected chi connectivity index (χ1v) is 9.78. The highest BCUT2D eigenvalue weighted by Gasteiger charge is 2.21. The van der Waals surface area contributed by atoms with Gasteiger partial charge in [0, 0.05) is 36.4 Å². The summed E-state index contributed by atoms with van der Waals surface area (Å²) in [5.41, 5.74) is 2.45. The molecular formula is C20H25N3OS. The SMILES string of the molecule is Cc1ccccc1SCC(=O)N[C@H]1CCCN(Cc2cccnc2)C1. The van der Waals surface area contributed by atoms with Crippen molar-refractivity contribution in [2.75, 3.05) is 18.8 Å². The zero-order valence-corrected chi connectivity index (χ0v) is 15.5. The van der Waals surface area contributed by atoms with Gasteiger partial charge in [-0.2, -0.15) is 0 Å². The highest BCUT2D eigenvalue weighted by molar-refractivity contribution is 8.00. The van der Waals surface area contributed by atoms with Gasteiger partial charge in [0.15, 0.2) is 0 Å². The second kappa shape index (κ2) is 9.02. The topological polar surface area (TPSA) is 45.2 Å². The number of thioether (sulfide) groups is 1. The molecule has 1 aromatic heterocycles. The number of amides is 1. The molecular weight excluding hydrogens is 330 g/mol. The van der Waals surface area contributed by atoms with Crippen LogP contribution in [0.4, 0.5) is 0 Å². The van der Waals surface area contributed by atoms with Crippen LogP contribution in [0.5, 0.6) is 0 Å². The van der Waals surface area contributed by atoms with Gasteiger partial charge in [0.2, 0.25) is 5.91 Å². The number of benzene rings is 1. The summed E-state index contributed by atoms with van der Waals surface area (Å²) in [6, 6.07) is 12.5. The van der Waals surface area contributed by atoms with Gasteiger partial charge in [0.25, 0.3) is 0 Å². The average molecular weight is 356 g/mol. The Morgan fingerprint density at radius 2 is 2.20 bits per heavy atom. The number of rotatable bonds is 6. The van der Waals surface area contributed by atoms with Crippen molar-refractivity contribution < 1.29 is 4.79 Å². The second-order valence-corrected chi connectivity index (χ2v) is 7.57. The van der Waals surface area contributed by atoms with Crippen LogP contribution >= 0.6 is 11.8 Å². The van der Waals surface area contributed by atoms with E-state index in [1.165, 1.54) is 16.0 Å². The molecule has 4 nitrogen and oxygen atoms in total. The van der Waals surface area contributed by atoms with E-state index in [1.807, 2.05) is 24.4 Å². The monoisotopic (exact) mass is 355 g/mol. The standard InChI is InChI=1S/C20H25N3OS/c1-16-6-2-3-9-19(16)25-15-20(24)22-18-8-5-11-23(14-18)13-17-7-4-10-21-12-17/h2-4,6-7,9-10,12,18H,5,8,11,13-15H2,1H3,(H,22,24)/t18-/m0/s1. The normalized spacial score (nSPS) is 18.0. The number of carbonyl (C=O) groups excluding carboxylic acids is 1. The zero-order chi connectivity index (χ0) is 17.5. The van der Waals surface area contributed by atoms with E-state index < -0.39 is 0 Å². The Hall–Kier alpha value is -1.85. The molecule has 132 valence electrons. The minimum Gasteiger partial charge on any atom is -0.351 e. The summed E-state index contributed by atoms with van der Waals surface area (Å²) in [4.78, 5) is 20.1. The Kier molecular flexibility index (Phi) is 6.48. The molecule has 25 heavy (non-hydrogen) atoms. The van der Waals surface area contributed by atoms with E-state index in [4.69, 9.17) is 0 Å². The van der Waals surface area contributed by atoms with E-state index in [1.54, 1.807) is 18.0 Å². The second-order valence-electron chi connectivity index (χ2n) is 6.56. The molecule has 0 bridgehead atoms. The average Bonchev–Trinajstić information content (AvgIpc) is 2.62. The van der Waals surface area contributed by atoms with Crippen molar-refractivity contribution in [1.29, 1.82) is 0 Å². The molecule has 0 spiro atoms. The molecule has 1 aliphatic heterocycles. The first-order valence-electron chi connectivity index (χ1n) is 8.80. The molecule has 1 aromatic carbocycles. The van der Waals surface area contributed by atoms with Crippen molar-refractivity contribution in [1.82, 2.24) is 15.2 Å². The number of nitrogens with zero attached hydrogens (tertiary/aromatic N) is 2. The lowest BCUT2D eigenvalue weighted by atomic mass is 10.1. The number of aromatic nitrogens is 1. The first-order chi connectivity index (χ1) is 12.2. The van der Waals surface area contributed by atoms with Crippen molar-refractivity contribution in [2.45, 2.75) is 37.2 Å². The highest BCUT2D eigenvalue weighted by atomic mass is 32.2. The molecule has 1 amide bonds. The van der Waals surface area contributed by atoms with Crippen LogP contribution in [0.3, 0.4) is 0 Å². The molecule has 5 heteroatoms. The number of likely N-dealkylation sites (tertiary alicyclic amines) is 1. The molecule has 1 fully saturated rings. The van der Waals surface area contributed by atoms with Gasteiger partial charge in [-0.1, -0.05) is 24.3 Å². The van der Waals surface area contributed by atoms with Gasteiger partial charge in [-0.15, -0.1) is 11.8 Å². The maximum Gasteiger partial charge on any atom is 0.230 e. The largest absolute Gasteiger partial charge is 0.351 e. The van der Waals surface area contributed by atoms with E-state index in [0.29, 0.717) is 5.75 Å². The van der Waals surface area contributed by atoms with Crippen molar-refractivity contribution in [3.05, 3.63) is 59.9 Å². The molecule has 0 aliphatic carbocycles. The molecule has 1 N–H and O–H groups in total. The number of aryl methyl sites for hydroxylation is 1. The molecule has 0 saturated carbocycles. The number of pyridine rings is 1. The van der Waals surface area contributed by atoms with Crippen LogP contribution < -0.4 is 5.32 Å². The Balaban J connectivity index is 1.45. The molecule has 3 rings (SSSR count). The zero-order valence-electron chi connectivity index (χ0n) is 14.6. The predicted octanol–water partition coefficient (Wildman–Crippen LogP) is 3.26. The van der Waals surface area contributed by atoms with E-state index in [-0.39, 0.29) is 11.9 Å². The fourth-order valence-electron chi connectivity index (χ4n) is 3.20. The van der Waals surface area contributed by atoms with Crippen LogP contribution in [-0.2, 0) is 11.3 Å². The number of piperidine rings is 1. The fraction of sp³-hybridized carbons (Fsp3) is 0.400. The van der Waals surface area contributed by atoms with E-state index in [0.717, 1.165) is 32.5 Å². The molecule has 1 saturated heterocycles. The number of hydrogen-bond donors (Lipinski definition) is 1. The Morgan fingerprint density at radius 3 is 3.00 bits per heavy atom. The summed E-state index contributed by atoms with van der Waals surface area (Å²) in [6.07, 6.45) is 5.90. The Morgan fingerprint density at radius 1 is 1.32 bits per heavy atom. The van der Waals surface area contributed by atoms with Crippen LogP contribution in [-0.4, -0.2) is 40.7 Å². The molecule has 0 unspecified atom stereocenters. The summed E-state index contributed by atoms with van der Waals surface area (Å²) in [5.74, 6) is 0.603. The summed E-state index contributed by atoms with van der Waals surface area (Å²) in [7, 11) is 0. The van der Waals surface area contributed by atoms with Crippen LogP contribution in [0.25, 0.3) is 0 Å². The number of carbonyl (C=O) groups is 1. The quantitative estimate of drug-likeness (QED) is 0.808. The maximum absolute atomic E-state index is 12.3. The summed E-state index contributed by atoms with van der Waals surface area (Å²) < 4.78 is 0. The molecule has 2 heterocycles. The van der Waals surface area contributed by atoms with Crippen molar-refractivity contribution in [3.8, 4) is 0 Å². The maximum atomic E-state index is 12.3. The van der Waals surface area contributed by atoms with Gasteiger partial charge in [0.1, 0.15) is 0 Å². The minimum atomic E-state index is 0.126. The van der Waals surface area contributed by atoms with Crippen molar-refractivity contribution >= 4 is 17.7 Å². The third kappa shape index (κ3) is 5.58. The lowest BCUT2D eigenvalue weighted by Gasteiger charge is -2.33. The van der Waals surface area contributed by atoms with E-state index >= 15 is 0 Å². The van der Waals surface area contributed by atoms with Crippen LogP contribution in [0.15, 0.2) is 53.7 Å². The smallest absolute Gasteiger partial charge is 0.230 e. The first kappa shape index (κ1) is 18.0. The van der Waals surface area contributed by atoms with Crippen LogP contribution in [0.2, 0.25) is 0 Å². The van der Waals surface area contributed by atoms with Crippen LogP contribution in [0, 0.1) is 6.92 Å². The van der Waals surface area contributed by atoms with Gasteiger partial charge >= 0.3 is 0 Å². The third-order valence-corrected chi connectivity index (χ3v) is 5.63. The lowest BCUT2D eigenvalue weighted by molar-refractivity contribution is -0.119. The molecule has 0 radical (unpaired) electrons. The number of hydrogen-bond acceptors (Lipinski definition) is 4. The van der Waals surface area contributed by atoms with E-state index in [9.17, 15) is 4.79 Å². The Labute approximate surface area is 154 Å². The van der Waals surface area contributed by atoms with Gasteiger partial charge in [-0.3, -0.25) is 14.7 Å². The van der Waals surface area contributed by atoms with Crippen molar-refractivity contribution in [3.63, 3.8) is 0 Å². The lowest BCUT2D eigenvalue weighted by Crippen LogP contribution is -2.47.